The molecule has 1 aromatic heterocycles. The zero-order chi connectivity index (χ0) is 14.5. The predicted octanol–water partition coefficient (Wildman–Crippen LogP) is 1.70. The highest BCUT2D eigenvalue weighted by molar-refractivity contribution is 5.30. The second-order valence-corrected chi connectivity index (χ2v) is 5.67. The normalized spacial score (nSPS) is 19.6. The van der Waals surface area contributed by atoms with Gasteiger partial charge in [0.05, 0.1) is 18.4 Å². The van der Waals surface area contributed by atoms with Crippen molar-refractivity contribution in [2.75, 3.05) is 26.7 Å². The summed E-state index contributed by atoms with van der Waals surface area (Å²) in [5.74, 6) is 0.896. The van der Waals surface area contributed by atoms with Crippen LogP contribution in [0.25, 0.3) is 0 Å². The van der Waals surface area contributed by atoms with Gasteiger partial charge in [0.15, 0.2) is 0 Å². The number of nitrogens with one attached hydrogen (secondary N) is 1. The summed E-state index contributed by atoms with van der Waals surface area (Å²) in [7, 11) is 3.67. The van der Waals surface area contributed by atoms with Gasteiger partial charge in [0.2, 0.25) is 5.88 Å². The van der Waals surface area contributed by atoms with Gasteiger partial charge in [0.1, 0.15) is 0 Å². The summed E-state index contributed by atoms with van der Waals surface area (Å²) in [5.41, 5.74) is 2.31. The summed E-state index contributed by atoms with van der Waals surface area (Å²) in [6.07, 6.45) is 3.74. The summed E-state index contributed by atoms with van der Waals surface area (Å²) < 4.78 is 7.36. The molecule has 0 radical (unpaired) electrons. The fourth-order valence-corrected chi connectivity index (χ4v) is 3.14. The lowest BCUT2D eigenvalue weighted by Gasteiger charge is -2.34. The minimum atomic E-state index is 0.632. The lowest BCUT2D eigenvalue weighted by Crippen LogP contribution is -2.46. The largest absolute Gasteiger partial charge is 0.481 e. The first-order valence-corrected chi connectivity index (χ1v) is 7.68. The first kappa shape index (κ1) is 15.3. The Bertz CT molecular complexity index is 424. The van der Waals surface area contributed by atoms with Gasteiger partial charge in [-0.25, -0.2) is 4.68 Å². The van der Waals surface area contributed by atoms with E-state index in [1.165, 1.54) is 24.8 Å². The maximum absolute atomic E-state index is 5.52. The molecule has 1 saturated heterocycles. The topological polar surface area (TPSA) is 42.3 Å². The van der Waals surface area contributed by atoms with Gasteiger partial charge in [0, 0.05) is 26.2 Å². The molecule has 2 heterocycles. The van der Waals surface area contributed by atoms with Gasteiger partial charge >= 0.3 is 0 Å². The Morgan fingerprint density at radius 2 is 2.30 bits per heavy atom. The van der Waals surface area contributed by atoms with Crippen molar-refractivity contribution in [3.63, 3.8) is 0 Å². The Balaban J connectivity index is 2.14. The summed E-state index contributed by atoms with van der Waals surface area (Å²) >= 11 is 0. The average molecular weight is 280 g/mol. The van der Waals surface area contributed by atoms with Crippen molar-refractivity contribution in [3.05, 3.63) is 11.3 Å². The van der Waals surface area contributed by atoms with Crippen LogP contribution in [-0.2, 0) is 13.6 Å². The molecule has 1 atom stereocenters. The summed E-state index contributed by atoms with van der Waals surface area (Å²) in [6.45, 7) is 8.64. The van der Waals surface area contributed by atoms with Crippen molar-refractivity contribution in [1.82, 2.24) is 20.0 Å². The molecule has 1 aliphatic heterocycles. The standard InChI is InChI=1S/C15H28N4O/c1-5-9-19(13-7-6-8-16-10-13)11-14-12(2)17-18(3)15(14)20-4/h13,16H,5-11H2,1-4H3. The highest BCUT2D eigenvalue weighted by Gasteiger charge is 2.24. The third-order valence-electron chi connectivity index (χ3n) is 4.14. The number of rotatable bonds is 6. The van der Waals surface area contributed by atoms with Crippen LogP contribution in [0.3, 0.4) is 0 Å². The molecule has 0 saturated carbocycles. The van der Waals surface area contributed by atoms with Crippen molar-refractivity contribution < 1.29 is 4.74 Å². The zero-order valence-electron chi connectivity index (χ0n) is 13.3. The predicted molar refractivity (Wildman–Crippen MR) is 81.1 cm³/mol. The Morgan fingerprint density at radius 3 is 2.90 bits per heavy atom. The molecule has 5 heteroatoms. The van der Waals surface area contributed by atoms with Gasteiger partial charge in [0.25, 0.3) is 0 Å². The van der Waals surface area contributed by atoms with Crippen LogP contribution in [0.1, 0.15) is 37.4 Å². The number of piperidine rings is 1. The second kappa shape index (κ2) is 7.09. The summed E-state index contributed by atoms with van der Waals surface area (Å²) in [5, 5.41) is 8.00. The van der Waals surface area contributed by atoms with E-state index in [1.807, 2.05) is 11.7 Å². The third-order valence-corrected chi connectivity index (χ3v) is 4.14. The fourth-order valence-electron chi connectivity index (χ4n) is 3.14. The lowest BCUT2D eigenvalue weighted by atomic mass is 10.0. The van der Waals surface area contributed by atoms with Crippen LogP contribution in [0.15, 0.2) is 0 Å². The SMILES string of the molecule is CCCN(Cc1c(C)nn(C)c1OC)C1CCCNC1. The zero-order valence-corrected chi connectivity index (χ0v) is 13.3. The van der Waals surface area contributed by atoms with Crippen molar-refractivity contribution >= 4 is 0 Å². The molecule has 0 aliphatic carbocycles. The number of nitrogens with zero attached hydrogens (tertiary/aromatic N) is 3. The van der Waals surface area contributed by atoms with E-state index >= 15 is 0 Å². The molecule has 0 bridgehead atoms. The molecule has 0 spiro atoms. The molecule has 0 amide bonds. The van der Waals surface area contributed by atoms with Crippen molar-refractivity contribution in [1.29, 1.82) is 0 Å². The second-order valence-electron chi connectivity index (χ2n) is 5.67. The first-order chi connectivity index (χ1) is 9.67. The van der Waals surface area contributed by atoms with Gasteiger partial charge in [-0.15, -0.1) is 0 Å². The summed E-state index contributed by atoms with van der Waals surface area (Å²) in [6, 6.07) is 0.632. The Morgan fingerprint density at radius 1 is 1.50 bits per heavy atom. The van der Waals surface area contributed by atoms with Crippen LogP contribution in [0, 0.1) is 6.92 Å². The number of hydrogen-bond donors (Lipinski definition) is 1. The maximum atomic E-state index is 5.52. The van der Waals surface area contributed by atoms with Crippen molar-refractivity contribution in [2.24, 2.45) is 7.05 Å². The molecule has 5 nitrogen and oxygen atoms in total. The first-order valence-electron chi connectivity index (χ1n) is 7.68. The van der Waals surface area contributed by atoms with Crippen LogP contribution >= 0.6 is 0 Å². The van der Waals surface area contributed by atoms with E-state index in [9.17, 15) is 0 Å². The van der Waals surface area contributed by atoms with Gasteiger partial charge in [-0.2, -0.15) is 5.10 Å². The van der Waals surface area contributed by atoms with E-state index in [-0.39, 0.29) is 0 Å². The van der Waals surface area contributed by atoms with Crippen molar-refractivity contribution in [2.45, 2.75) is 45.7 Å². The van der Waals surface area contributed by atoms with Gasteiger partial charge in [-0.1, -0.05) is 6.92 Å². The summed E-state index contributed by atoms with van der Waals surface area (Å²) in [4.78, 5) is 2.58. The smallest absolute Gasteiger partial charge is 0.216 e. The van der Waals surface area contributed by atoms with Crippen LogP contribution in [-0.4, -0.2) is 47.5 Å². The molecule has 1 N–H and O–H groups in total. The van der Waals surface area contributed by atoms with E-state index < -0.39 is 0 Å². The Hall–Kier alpha value is -1.07. The fraction of sp³-hybridized carbons (Fsp3) is 0.800. The van der Waals surface area contributed by atoms with Crippen molar-refractivity contribution in [3.8, 4) is 5.88 Å². The molecule has 1 fully saturated rings. The van der Waals surface area contributed by atoms with E-state index in [1.54, 1.807) is 7.11 Å². The molecule has 1 aliphatic rings. The van der Waals surface area contributed by atoms with E-state index in [4.69, 9.17) is 4.74 Å². The molecular formula is C15H28N4O. The highest BCUT2D eigenvalue weighted by atomic mass is 16.5. The third kappa shape index (κ3) is 3.33. The quantitative estimate of drug-likeness (QED) is 0.861. The molecule has 1 unspecified atom stereocenters. The molecule has 0 aromatic carbocycles. The van der Waals surface area contributed by atoms with Crippen LogP contribution in [0.4, 0.5) is 0 Å². The Labute approximate surface area is 122 Å². The van der Waals surface area contributed by atoms with Crippen LogP contribution < -0.4 is 10.1 Å². The van der Waals surface area contributed by atoms with Crippen LogP contribution in [0.5, 0.6) is 5.88 Å². The average Bonchev–Trinajstić information content (AvgIpc) is 2.73. The molecule has 1 aromatic rings. The number of methoxy groups -OCH3 is 1. The molecular weight excluding hydrogens is 252 g/mol. The van der Waals surface area contributed by atoms with Gasteiger partial charge in [-0.3, -0.25) is 4.90 Å². The van der Waals surface area contributed by atoms with E-state index in [0.717, 1.165) is 37.8 Å². The number of aryl methyl sites for hydroxylation is 2. The van der Waals surface area contributed by atoms with Crippen LogP contribution in [0.2, 0.25) is 0 Å². The minimum Gasteiger partial charge on any atom is -0.481 e. The van der Waals surface area contributed by atoms with E-state index in [0.29, 0.717) is 6.04 Å². The number of aromatic nitrogens is 2. The van der Waals surface area contributed by atoms with E-state index in [2.05, 4.69) is 29.2 Å². The monoisotopic (exact) mass is 280 g/mol. The van der Waals surface area contributed by atoms with Gasteiger partial charge in [-0.05, 0) is 39.3 Å². The maximum Gasteiger partial charge on any atom is 0.216 e. The molecule has 2 rings (SSSR count). The minimum absolute atomic E-state index is 0.632. The molecule has 114 valence electrons. The molecule has 20 heavy (non-hydrogen) atoms. The lowest BCUT2D eigenvalue weighted by molar-refractivity contribution is 0.156. The number of hydrogen-bond acceptors (Lipinski definition) is 4. The highest BCUT2D eigenvalue weighted by Crippen LogP contribution is 2.24. The Kier molecular flexibility index (Phi) is 5.43. The number of ether oxygens (including phenoxy) is 1. The van der Waals surface area contributed by atoms with Gasteiger partial charge < -0.3 is 10.1 Å².